The van der Waals surface area contributed by atoms with E-state index in [-0.39, 0.29) is 12.1 Å². The predicted molar refractivity (Wildman–Crippen MR) is 83.7 cm³/mol. The average molecular weight is 387 g/mol. The van der Waals surface area contributed by atoms with Crippen molar-refractivity contribution in [3.63, 3.8) is 0 Å². The molecule has 2 N–H and O–H groups in total. The van der Waals surface area contributed by atoms with Crippen LogP contribution in [0.3, 0.4) is 0 Å². The van der Waals surface area contributed by atoms with Crippen molar-refractivity contribution in [2.24, 2.45) is 0 Å². The van der Waals surface area contributed by atoms with Crippen LogP contribution < -0.4 is 5.32 Å². The number of nitrogens with one attached hydrogen (secondary N) is 2. The zero-order valence-electron chi connectivity index (χ0n) is 13.4. The first-order valence-electron chi connectivity index (χ1n) is 7.55. The maximum Gasteiger partial charge on any atom is 0.433 e. The van der Waals surface area contributed by atoms with Gasteiger partial charge in [-0.1, -0.05) is 12.1 Å². The molecule has 4 nitrogen and oxygen atoms in total. The van der Waals surface area contributed by atoms with Crippen LogP contribution in [-0.2, 0) is 18.9 Å². The fourth-order valence-electron chi connectivity index (χ4n) is 2.44. The number of benzene rings is 1. The highest BCUT2D eigenvalue weighted by Crippen LogP contribution is 2.31. The molecule has 1 amide bonds. The van der Waals surface area contributed by atoms with Crippen LogP contribution in [0.4, 0.5) is 26.3 Å². The third-order valence-electron chi connectivity index (χ3n) is 3.72. The molecule has 10 heteroatoms. The second kappa shape index (κ2) is 6.60. The normalized spacial score (nSPS) is 12.4. The van der Waals surface area contributed by atoms with E-state index >= 15 is 0 Å². The van der Waals surface area contributed by atoms with Gasteiger partial charge in [-0.15, -0.1) is 0 Å². The third-order valence-corrected chi connectivity index (χ3v) is 3.72. The van der Waals surface area contributed by atoms with Gasteiger partial charge in [-0.25, -0.2) is 4.98 Å². The van der Waals surface area contributed by atoms with Gasteiger partial charge in [0.1, 0.15) is 17.1 Å². The van der Waals surface area contributed by atoms with Crippen LogP contribution in [0.2, 0.25) is 0 Å². The van der Waals surface area contributed by atoms with Crippen molar-refractivity contribution in [3.8, 4) is 0 Å². The minimum Gasteiger partial charge on any atom is -0.351 e. The summed E-state index contributed by atoms with van der Waals surface area (Å²) in [4.78, 5) is 17.5. The van der Waals surface area contributed by atoms with E-state index in [9.17, 15) is 31.1 Å². The van der Waals surface area contributed by atoms with Gasteiger partial charge < -0.3 is 10.3 Å². The molecule has 0 aliphatic heterocycles. The second-order valence-corrected chi connectivity index (χ2v) is 5.69. The number of pyridine rings is 1. The number of hydrogen-bond acceptors (Lipinski definition) is 2. The predicted octanol–water partition coefficient (Wildman–Crippen LogP) is 4.53. The topological polar surface area (TPSA) is 57.8 Å². The summed E-state index contributed by atoms with van der Waals surface area (Å²) in [7, 11) is 0. The molecular formula is C17H11F6N3O. The standard InChI is InChI=1S/C17H11F6N3O/c18-16(19,20)13-3-1-2-12(26-13)15(27)24-8-9-4-5-11-10(6-9)7-14(25-11)17(21,22)23/h1-7,25H,8H2,(H,24,27). The third kappa shape index (κ3) is 4.21. The molecule has 0 fully saturated rings. The number of aromatic nitrogens is 2. The smallest absolute Gasteiger partial charge is 0.351 e. The number of carbonyl (C=O) groups is 1. The quantitative estimate of drug-likeness (QED) is 0.649. The average Bonchev–Trinajstić information content (AvgIpc) is 3.02. The number of amides is 1. The molecule has 2 aromatic heterocycles. The summed E-state index contributed by atoms with van der Waals surface area (Å²) >= 11 is 0. The van der Waals surface area contributed by atoms with E-state index in [0.717, 1.165) is 24.3 Å². The highest BCUT2D eigenvalue weighted by Gasteiger charge is 2.33. The van der Waals surface area contributed by atoms with E-state index in [1.54, 1.807) is 0 Å². The molecule has 3 aromatic rings. The Bertz CT molecular complexity index is 990. The zero-order valence-corrected chi connectivity index (χ0v) is 13.4. The monoisotopic (exact) mass is 387 g/mol. The van der Waals surface area contributed by atoms with Gasteiger partial charge in [0.15, 0.2) is 0 Å². The molecule has 0 saturated heterocycles. The molecule has 0 radical (unpaired) electrons. The van der Waals surface area contributed by atoms with Crippen LogP contribution in [0.15, 0.2) is 42.5 Å². The highest BCUT2D eigenvalue weighted by atomic mass is 19.4. The summed E-state index contributed by atoms with van der Waals surface area (Å²) in [5.74, 6) is -0.828. The van der Waals surface area contributed by atoms with Crippen LogP contribution in [-0.4, -0.2) is 15.9 Å². The van der Waals surface area contributed by atoms with Gasteiger partial charge in [0.05, 0.1) is 0 Å². The summed E-state index contributed by atoms with van der Waals surface area (Å²) in [5.41, 5.74) is -1.74. The lowest BCUT2D eigenvalue weighted by Crippen LogP contribution is -2.24. The van der Waals surface area contributed by atoms with Crippen LogP contribution >= 0.6 is 0 Å². The lowest BCUT2D eigenvalue weighted by Gasteiger charge is -2.08. The molecule has 0 atom stereocenters. The SMILES string of the molecule is O=C(NCc1ccc2[nH]c(C(F)(F)F)cc2c1)c1cccc(C(F)(F)F)n1. The summed E-state index contributed by atoms with van der Waals surface area (Å²) in [6.07, 6.45) is -9.19. The Kier molecular flexibility index (Phi) is 4.58. The molecule has 2 heterocycles. The molecule has 1 aromatic carbocycles. The molecule has 0 spiro atoms. The second-order valence-electron chi connectivity index (χ2n) is 5.69. The Hall–Kier alpha value is -3.04. The first-order chi connectivity index (χ1) is 12.5. The Labute approximate surface area is 148 Å². The number of nitrogens with zero attached hydrogens (tertiary/aromatic N) is 1. The Morgan fingerprint density at radius 3 is 2.41 bits per heavy atom. The van der Waals surface area contributed by atoms with Gasteiger partial charge in [-0.05, 0) is 35.9 Å². The molecule has 0 unspecified atom stereocenters. The fourth-order valence-corrected chi connectivity index (χ4v) is 2.44. The Balaban J connectivity index is 1.74. The molecule has 27 heavy (non-hydrogen) atoms. The van der Waals surface area contributed by atoms with Gasteiger partial charge >= 0.3 is 12.4 Å². The Morgan fingerprint density at radius 1 is 1.00 bits per heavy atom. The maximum absolute atomic E-state index is 12.7. The van der Waals surface area contributed by atoms with Crippen LogP contribution in [0.25, 0.3) is 10.9 Å². The first-order valence-corrected chi connectivity index (χ1v) is 7.55. The van der Waals surface area contributed by atoms with Gasteiger partial charge in [0.25, 0.3) is 5.91 Å². The zero-order chi connectivity index (χ0) is 19.8. The fraction of sp³-hybridized carbons (Fsp3) is 0.176. The summed E-state index contributed by atoms with van der Waals surface area (Å²) in [6, 6.07) is 8.25. The number of carbonyl (C=O) groups excluding carboxylic acids is 1. The Morgan fingerprint density at radius 2 is 1.74 bits per heavy atom. The highest BCUT2D eigenvalue weighted by molar-refractivity contribution is 5.92. The van der Waals surface area contributed by atoms with Crippen molar-refractivity contribution in [2.45, 2.75) is 18.9 Å². The van der Waals surface area contributed by atoms with Gasteiger partial charge in [0.2, 0.25) is 0 Å². The summed E-state index contributed by atoms with van der Waals surface area (Å²) in [5, 5.41) is 2.69. The number of hydrogen-bond donors (Lipinski definition) is 2. The molecule has 142 valence electrons. The van der Waals surface area contributed by atoms with E-state index in [4.69, 9.17) is 0 Å². The molecule has 0 bridgehead atoms. The van der Waals surface area contributed by atoms with Gasteiger partial charge in [-0.3, -0.25) is 4.79 Å². The van der Waals surface area contributed by atoms with E-state index in [0.29, 0.717) is 10.9 Å². The number of aromatic amines is 1. The largest absolute Gasteiger partial charge is 0.433 e. The molecule has 3 rings (SSSR count). The molecule has 0 aliphatic rings. The van der Waals surface area contributed by atoms with E-state index < -0.39 is 35.3 Å². The van der Waals surface area contributed by atoms with Crippen molar-refractivity contribution < 1.29 is 31.1 Å². The van der Waals surface area contributed by atoms with Crippen LogP contribution in [0.1, 0.15) is 27.4 Å². The van der Waals surface area contributed by atoms with E-state index in [2.05, 4.69) is 15.3 Å². The van der Waals surface area contributed by atoms with Crippen LogP contribution in [0.5, 0.6) is 0 Å². The van der Waals surface area contributed by atoms with Gasteiger partial charge in [0, 0.05) is 17.4 Å². The van der Waals surface area contributed by atoms with Crippen molar-refractivity contribution in [3.05, 3.63) is 65.1 Å². The maximum atomic E-state index is 12.7. The molecular weight excluding hydrogens is 376 g/mol. The lowest BCUT2D eigenvalue weighted by atomic mass is 10.1. The summed E-state index contributed by atoms with van der Waals surface area (Å²) in [6.45, 7) is -0.0841. The van der Waals surface area contributed by atoms with E-state index in [1.807, 2.05) is 0 Å². The van der Waals surface area contributed by atoms with Crippen molar-refractivity contribution in [1.82, 2.24) is 15.3 Å². The molecule has 0 saturated carbocycles. The minimum atomic E-state index is -4.67. The van der Waals surface area contributed by atoms with E-state index in [1.165, 1.54) is 18.2 Å². The number of halogens is 6. The lowest BCUT2D eigenvalue weighted by molar-refractivity contribution is -0.141. The molecule has 0 aliphatic carbocycles. The minimum absolute atomic E-state index is 0.0841. The number of alkyl halides is 6. The number of fused-ring (bicyclic) bond motifs is 1. The van der Waals surface area contributed by atoms with Crippen molar-refractivity contribution in [2.75, 3.05) is 0 Å². The number of H-pyrrole nitrogens is 1. The van der Waals surface area contributed by atoms with Gasteiger partial charge in [-0.2, -0.15) is 26.3 Å². The van der Waals surface area contributed by atoms with Crippen molar-refractivity contribution in [1.29, 1.82) is 0 Å². The van der Waals surface area contributed by atoms with Crippen LogP contribution in [0, 0.1) is 0 Å². The van der Waals surface area contributed by atoms with Crippen molar-refractivity contribution >= 4 is 16.8 Å². The first kappa shape index (κ1) is 18.7. The summed E-state index contributed by atoms with van der Waals surface area (Å²) < 4.78 is 76.0. The number of rotatable bonds is 3.